The number of carbonyl (C=O) groups excluding carboxylic acids is 1. The first-order valence-corrected chi connectivity index (χ1v) is 5.21. The lowest BCUT2D eigenvalue weighted by Crippen LogP contribution is -2.32. The molecule has 2 heterocycles. The molecule has 0 amide bonds. The normalized spacial score (nSPS) is 15.4. The minimum absolute atomic E-state index is 0.278. The molecule has 0 saturated carbocycles. The number of ether oxygens (including phenoxy) is 1. The van der Waals surface area contributed by atoms with Crippen LogP contribution in [0.4, 0.5) is 0 Å². The van der Waals surface area contributed by atoms with Crippen molar-refractivity contribution in [3.05, 3.63) is 23.7 Å². The van der Waals surface area contributed by atoms with Gasteiger partial charge in [-0.2, -0.15) is 0 Å². The molecule has 4 heteroatoms. The van der Waals surface area contributed by atoms with Gasteiger partial charge in [-0.1, -0.05) is 0 Å². The van der Waals surface area contributed by atoms with E-state index in [-0.39, 0.29) is 5.78 Å². The quantitative estimate of drug-likeness (QED) is 0.523. The highest BCUT2D eigenvalue weighted by molar-refractivity contribution is 6.07. The molecular formula is C12H13NO3. The first kappa shape index (κ1) is 10.8. The van der Waals surface area contributed by atoms with E-state index in [1.165, 1.54) is 0 Å². The van der Waals surface area contributed by atoms with E-state index in [0.29, 0.717) is 19.0 Å². The van der Waals surface area contributed by atoms with Crippen LogP contribution in [-0.2, 0) is 4.74 Å². The monoisotopic (exact) mass is 219 g/mol. The molecule has 1 saturated heterocycles. The molecule has 16 heavy (non-hydrogen) atoms. The van der Waals surface area contributed by atoms with Crippen molar-refractivity contribution in [1.82, 2.24) is 4.90 Å². The van der Waals surface area contributed by atoms with Crippen LogP contribution in [0.25, 0.3) is 0 Å². The molecule has 1 aliphatic rings. The van der Waals surface area contributed by atoms with Crippen LogP contribution in [0, 0.1) is 18.9 Å². The lowest BCUT2D eigenvalue weighted by Gasteiger charge is -2.22. The Morgan fingerprint density at radius 1 is 1.38 bits per heavy atom. The van der Waals surface area contributed by atoms with Crippen molar-refractivity contribution < 1.29 is 13.9 Å². The van der Waals surface area contributed by atoms with Crippen LogP contribution in [0.1, 0.15) is 16.3 Å². The minimum atomic E-state index is -0.278. The molecule has 0 aliphatic carbocycles. The molecule has 0 bridgehead atoms. The predicted molar refractivity (Wildman–Crippen MR) is 57.9 cm³/mol. The number of Topliss-reactive ketones (excluding diaryl/α,β-unsaturated/α-hetero) is 1. The Labute approximate surface area is 94.2 Å². The molecular weight excluding hydrogens is 206 g/mol. The highest BCUT2D eigenvalue weighted by atomic mass is 16.5. The van der Waals surface area contributed by atoms with Gasteiger partial charge in [0.1, 0.15) is 5.76 Å². The Bertz CT molecular complexity index is 433. The van der Waals surface area contributed by atoms with Gasteiger partial charge in [0.25, 0.3) is 5.78 Å². The summed E-state index contributed by atoms with van der Waals surface area (Å²) in [7, 11) is 0. The molecule has 4 nitrogen and oxygen atoms in total. The van der Waals surface area contributed by atoms with E-state index in [4.69, 9.17) is 9.15 Å². The number of rotatable bonds is 1. The van der Waals surface area contributed by atoms with E-state index in [9.17, 15) is 4.79 Å². The first-order valence-electron chi connectivity index (χ1n) is 5.21. The second-order valence-electron chi connectivity index (χ2n) is 3.58. The lowest BCUT2D eigenvalue weighted by molar-refractivity contribution is 0.0636. The van der Waals surface area contributed by atoms with Crippen LogP contribution in [0.5, 0.6) is 0 Å². The second kappa shape index (κ2) is 4.86. The number of aryl methyl sites for hydroxylation is 1. The van der Waals surface area contributed by atoms with E-state index in [0.717, 1.165) is 18.8 Å². The number of hydrogen-bond acceptors (Lipinski definition) is 4. The lowest BCUT2D eigenvalue weighted by atomic mass is 10.3. The van der Waals surface area contributed by atoms with Gasteiger partial charge in [-0.25, -0.2) is 0 Å². The van der Waals surface area contributed by atoms with Crippen LogP contribution in [-0.4, -0.2) is 37.0 Å². The van der Waals surface area contributed by atoms with Crippen LogP contribution in [0.15, 0.2) is 16.5 Å². The summed E-state index contributed by atoms with van der Waals surface area (Å²) in [4.78, 5) is 13.5. The number of carbonyl (C=O) groups is 1. The topological polar surface area (TPSA) is 42.7 Å². The standard InChI is InChI=1S/C12H13NO3/c1-10-2-3-12(16-10)11(14)4-5-13-6-8-15-9-7-13/h2-3H,6-9H2,1H3. The molecule has 0 atom stereocenters. The second-order valence-corrected chi connectivity index (χ2v) is 3.58. The average Bonchev–Trinajstić information content (AvgIpc) is 2.74. The molecule has 0 radical (unpaired) electrons. The third kappa shape index (κ3) is 2.65. The Hall–Kier alpha value is -1.73. The van der Waals surface area contributed by atoms with Gasteiger partial charge >= 0.3 is 0 Å². The van der Waals surface area contributed by atoms with Gasteiger partial charge in [0.15, 0.2) is 5.76 Å². The first-order chi connectivity index (χ1) is 7.75. The number of nitrogens with zero attached hydrogens (tertiary/aromatic N) is 1. The maximum Gasteiger partial charge on any atom is 0.272 e. The SMILES string of the molecule is Cc1ccc(C(=O)C#CN2CCOCC2)o1. The maximum atomic E-state index is 11.6. The zero-order chi connectivity index (χ0) is 11.4. The largest absolute Gasteiger partial charge is 0.457 e. The molecule has 84 valence electrons. The van der Waals surface area contributed by atoms with Crippen molar-refractivity contribution in [2.24, 2.45) is 0 Å². The van der Waals surface area contributed by atoms with Gasteiger partial charge in [0.2, 0.25) is 0 Å². The Kier molecular flexibility index (Phi) is 3.28. The smallest absolute Gasteiger partial charge is 0.272 e. The summed E-state index contributed by atoms with van der Waals surface area (Å²) in [6.07, 6.45) is 0. The summed E-state index contributed by atoms with van der Waals surface area (Å²) in [6, 6.07) is 6.22. The Balaban J connectivity index is 1.98. The van der Waals surface area contributed by atoms with Crippen LogP contribution >= 0.6 is 0 Å². The van der Waals surface area contributed by atoms with E-state index in [1.54, 1.807) is 19.1 Å². The van der Waals surface area contributed by atoms with E-state index >= 15 is 0 Å². The van der Waals surface area contributed by atoms with Crippen LogP contribution in [0.2, 0.25) is 0 Å². The zero-order valence-electron chi connectivity index (χ0n) is 9.16. The summed E-state index contributed by atoms with van der Waals surface area (Å²) in [5, 5.41) is 0. The van der Waals surface area contributed by atoms with Crippen molar-refractivity contribution in [2.75, 3.05) is 26.3 Å². The van der Waals surface area contributed by atoms with Gasteiger partial charge in [-0.3, -0.25) is 4.79 Å². The number of furan rings is 1. The Morgan fingerprint density at radius 3 is 2.75 bits per heavy atom. The maximum absolute atomic E-state index is 11.6. The number of morpholine rings is 1. The zero-order valence-corrected chi connectivity index (χ0v) is 9.16. The molecule has 0 aromatic carbocycles. The molecule has 2 rings (SSSR count). The fraction of sp³-hybridized carbons (Fsp3) is 0.417. The van der Waals surface area contributed by atoms with Gasteiger partial charge in [0, 0.05) is 25.1 Å². The van der Waals surface area contributed by atoms with Gasteiger partial charge in [-0.15, -0.1) is 0 Å². The summed E-state index contributed by atoms with van der Waals surface area (Å²) in [5.74, 6) is 3.31. The Morgan fingerprint density at radius 2 is 2.12 bits per heavy atom. The predicted octanol–water partition coefficient (Wildman–Crippen LogP) is 1.06. The van der Waals surface area contributed by atoms with Crippen molar-refractivity contribution in [1.29, 1.82) is 0 Å². The molecule has 1 fully saturated rings. The summed E-state index contributed by atoms with van der Waals surface area (Å²) < 4.78 is 10.4. The van der Waals surface area contributed by atoms with E-state index in [2.05, 4.69) is 12.0 Å². The van der Waals surface area contributed by atoms with Crippen LogP contribution < -0.4 is 0 Å². The molecule has 0 unspecified atom stereocenters. The van der Waals surface area contributed by atoms with Crippen molar-refractivity contribution in [2.45, 2.75) is 6.92 Å². The van der Waals surface area contributed by atoms with Crippen molar-refractivity contribution in [3.63, 3.8) is 0 Å². The molecule has 1 aromatic heterocycles. The fourth-order valence-corrected chi connectivity index (χ4v) is 1.42. The van der Waals surface area contributed by atoms with Crippen LogP contribution in [0.3, 0.4) is 0 Å². The van der Waals surface area contributed by atoms with Crippen molar-refractivity contribution >= 4 is 5.78 Å². The van der Waals surface area contributed by atoms with Gasteiger partial charge in [-0.05, 0) is 19.1 Å². The molecule has 0 spiro atoms. The van der Waals surface area contributed by atoms with Gasteiger partial charge in [0.05, 0.1) is 13.2 Å². The van der Waals surface area contributed by atoms with E-state index in [1.807, 2.05) is 4.90 Å². The fourth-order valence-electron chi connectivity index (χ4n) is 1.42. The molecule has 0 N–H and O–H groups in total. The van der Waals surface area contributed by atoms with Gasteiger partial charge < -0.3 is 14.1 Å². The highest BCUT2D eigenvalue weighted by Gasteiger charge is 2.08. The number of ketones is 1. The molecule has 1 aromatic rings. The minimum Gasteiger partial charge on any atom is -0.457 e. The summed E-state index contributed by atoms with van der Waals surface area (Å²) in [6.45, 7) is 4.63. The third-order valence-electron chi connectivity index (χ3n) is 2.30. The van der Waals surface area contributed by atoms with E-state index < -0.39 is 0 Å². The highest BCUT2D eigenvalue weighted by Crippen LogP contribution is 2.06. The summed E-state index contributed by atoms with van der Waals surface area (Å²) in [5.41, 5.74) is 0. The average molecular weight is 219 g/mol. The third-order valence-corrected chi connectivity index (χ3v) is 2.30. The summed E-state index contributed by atoms with van der Waals surface area (Å²) >= 11 is 0. The van der Waals surface area contributed by atoms with Crippen molar-refractivity contribution in [3.8, 4) is 12.0 Å². The number of hydrogen-bond donors (Lipinski definition) is 0. The molecule has 1 aliphatic heterocycles.